The second kappa shape index (κ2) is 7.93. The predicted molar refractivity (Wildman–Crippen MR) is 96.3 cm³/mol. The summed E-state index contributed by atoms with van der Waals surface area (Å²) in [6, 6.07) is 8.19. The molecule has 5 nitrogen and oxygen atoms in total. The van der Waals surface area contributed by atoms with E-state index in [9.17, 15) is 9.59 Å². The van der Waals surface area contributed by atoms with E-state index >= 15 is 0 Å². The molecule has 0 radical (unpaired) electrons. The van der Waals surface area contributed by atoms with Gasteiger partial charge in [0.15, 0.2) is 5.76 Å². The Morgan fingerprint density at radius 2 is 1.76 bits per heavy atom. The lowest BCUT2D eigenvalue weighted by Gasteiger charge is -2.20. The quantitative estimate of drug-likeness (QED) is 0.764. The average Bonchev–Trinajstić information content (AvgIpc) is 3.10. The van der Waals surface area contributed by atoms with Gasteiger partial charge in [0, 0.05) is 16.5 Å². The fraction of sp³-hybridized carbons (Fsp3) is 0.333. The number of rotatable bonds is 3. The van der Waals surface area contributed by atoms with Crippen molar-refractivity contribution in [3.05, 3.63) is 46.1 Å². The first-order valence-electron chi connectivity index (χ1n) is 8.20. The highest BCUT2D eigenvalue weighted by Crippen LogP contribution is 2.31. The molecule has 7 heteroatoms. The van der Waals surface area contributed by atoms with Gasteiger partial charge in [-0.1, -0.05) is 42.5 Å². The van der Waals surface area contributed by atoms with E-state index < -0.39 is 5.91 Å². The van der Waals surface area contributed by atoms with Gasteiger partial charge >= 0.3 is 5.91 Å². The molecule has 0 unspecified atom stereocenters. The molecule has 1 aliphatic rings. The van der Waals surface area contributed by atoms with Crippen molar-refractivity contribution in [1.82, 2.24) is 10.9 Å². The highest BCUT2D eigenvalue weighted by atomic mass is 35.5. The van der Waals surface area contributed by atoms with Crippen LogP contribution in [-0.4, -0.2) is 11.8 Å². The monoisotopic (exact) mass is 380 g/mol. The van der Waals surface area contributed by atoms with E-state index in [-0.39, 0.29) is 17.6 Å². The Labute approximate surface area is 155 Å². The van der Waals surface area contributed by atoms with Gasteiger partial charge in [0.2, 0.25) is 5.91 Å². The molecule has 0 saturated heterocycles. The molecule has 1 saturated carbocycles. The summed E-state index contributed by atoms with van der Waals surface area (Å²) in [7, 11) is 0. The normalized spacial score (nSPS) is 15.0. The van der Waals surface area contributed by atoms with Crippen molar-refractivity contribution in [2.24, 2.45) is 5.92 Å². The molecule has 1 fully saturated rings. The minimum atomic E-state index is -0.513. The van der Waals surface area contributed by atoms with E-state index in [1.54, 1.807) is 24.3 Å². The third-order valence-electron chi connectivity index (χ3n) is 4.30. The fourth-order valence-electron chi connectivity index (χ4n) is 2.94. The summed E-state index contributed by atoms with van der Waals surface area (Å²) < 4.78 is 5.54. The van der Waals surface area contributed by atoms with E-state index in [0.717, 1.165) is 25.7 Å². The smallest absolute Gasteiger partial charge is 0.305 e. The van der Waals surface area contributed by atoms with E-state index in [1.807, 2.05) is 0 Å². The van der Waals surface area contributed by atoms with Crippen molar-refractivity contribution in [1.29, 1.82) is 0 Å². The van der Waals surface area contributed by atoms with Crippen LogP contribution < -0.4 is 10.9 Å². The van der Waals surface area contributed by atoms with Crippen LogP contribution in [0.2, 0.25) is 10.0 Å². The number of hydrogen-bond acceptors (Lipinski definition) is 3. The van der Waals surface area contributed by atoms with Gasteiger partial charge in [-0.2, -0.15) is 0 Å². The van der Waals surface area contributed by atoms with E-state index in [0.29, 0.717) is 21.4 Å². The Bertz CT molecular complexity index is 782. The molecule has 3 rings (SSSR count). The van der Waals surface area contributed by atoms with Gasteiger partial charge in [0.05, 0.1) is 5.02 Å². The molecule has 2 N–H and O–H groups in total. The molecular formula is C18H18Cl2N2O3. The standard InChI is InChI=1S/C18H18Cl2N2O3/c19-12-6-7-13(14(20)10-12)15-8-9-16(25-15)18(24)22-21-17(23)11-4-2-1-3-5-11/h6-11H,1-5H2,(H,21,23)(H,22,24). The van der Waals surface area contributed by atoms with Gasteiger partial charge in [-0.15, -0.1) is 0 Å². The van der Waals surface area contributed by atoms with E-state index in [4.69, 9.17) is 27.6 Å². The van der Waals surface area contributed by atoms with Crippen LogP contribution in [0, 0.1) is 5.92 Å². The molecule has 1 aromatic heterocycles. The minimum Gasteiger partial charge on any atom is -0.451 e. The molecule has 0 spiro atoms. The van der Waals surface area contributed by atoms with Crippen molar-refractivity contribution in [2.45, 2.75) is 32.1 Å². The Kier molecular flexibility index (Phi) is 5.66. The summed E-state index contributed by atoms with van der Waals surface area (Å²) in [6.45, 7) is 0. The summed E-state index contributed by atoms with van der Waals surface area (Å²) in [5.74, 6) is -0.162. The number of amides is 2. The first-order chi connectivity index (χ1) is 12.0. The van der Waals surface area contributed by atoms with Crippen LogP contribution in [0.25, 0.3) is 11.3 Å². The lowest BCUT2D eigenvalue weighted by atomic mass is 9.89. The summed E-state index contributed by atoms with van der Waals surface area (Å²) in [4.78, 5) is 24.2. The minimum absolute atomic E-state index is 0.0333. The fourth-order valence-corrected chi connectivity index (χ4v) is 3.44. The molecule has 1 aliphatic carbocycles. The highest BCUT2D eigenvalue weighted by Gasteiger charge is 2.22. The van der Waals surface area contributed by atoms with E-state index in [2.05, 4.69) is 10.9 Å². The number of benzene rings is 1. The molecule has 0 atom stereocenters. The topological polar surface area (TPSA) is 71.3 Å². The molecule has 2 amide bonds. The number of carbonyl (C=O) groups is 2. The molecule has 1 heterocycles. The third-order valence-corrected chi connectivity index (χ3v) is 4.85. The molecular weight excluding hydrogens is 363 g/mol. The molecule has 2 aromatic rings. The summed E-state index contributed by atoms with van der Waals surface area (Å²) in [5.41, 5.74) is 5.51. The number of nitrogens with one attached hydrogen (secondary N) is 2. The Morgan fingerprint density at radius 3 is 2.48 bits per heavy atom. The van der Waals surface area contributed by atoms with Crippen LogP contribution in [-0.2, 0) is 4.79 Å². The Hall–Kier alpha value is -1.98. The maximum Gasteiger partial charge on any atom is 0.305 e. The third kappa shape index (κ3) is 4.35. The predicted octanol–water partition coefficient (Wildman–Crippen LogP) is 4.59. The van der Waals surface area contributed by atoms with Crippen LogP contribution in [0.3, 0.4) is 0 Å². The van der Waals surface area contributed by atoms with Crippen molar-refractivity contribution >= 4 is 35.0 Å². The largest absolute Gasteiger partial charge is 0.451 e. The second-order valence-electron chi connectivity index (χ2n) is 6.07. The van der Waals surface area contributed by atoms with E-state index in [1.165, 1.54) is 12.5 Å². The first kappa shape index (κ1) is 17.8. The zero-order valence-electron chi connectivity index (χ0n) is 13.5. The summed E-state index contributed by atoms with van der Waals surface area (Å²) in [6.07, 6.45) is 4.99. The van der Waals surface area contributed by atoms with Crippen molar-refractivity contribution in [2.75, 3.05) is 0 Å². The average molecular weight is 381 g/mol. The molecule has 0 bridgehead atoms. The lowest BCUT2D eigenvalue weighted by Crippen LogP contribution is -2.44. The highest BCUT2D eigenvalue weighted by molar-refractivity contribution is 6.36. The van der Waals surface area contributed by atoms with Crippen molar-refractivity contribution < 1.29 is 14.0 Å². The lowest BCUT2D eigenvalue weighted by molar-refractivity contribution is -0.126. The maximum absolute atomic E-state index is 12.1. The molecule has 0 aliphatic heterocycles. The Morgan fingerprint density at radius 1 is 1.00 bits per heavy atom. The number of hydrogen-bond donors (Lipinski definition) is 2. The van der Waals surface area contributed by atoms with Crippen LogP contribution in [0.15, 0.2) is 34.7 Å². The zero-order valence-corrected chi connectivity index (χ0v) is 15.0. The zero-order chi connectivity index (χ0) is 17.8. The number of hydrazine groups is 1. The van der Waals surface area contributed by atoms with Crippen LogP contribution >= 0.6 is 23.2 Å². The van der Waals surface area contributed by atoms with Gasteiger partial charge in [-0.05, 0) is 43.2 Å². The molecule has 25 heavy (non-hydrogen) atoms. The number of furan rings is 1. The van der Waals surface area contributed by atoms with Crippen LogP contribution in [0.5, 0.6) is 0 Å². The summed E-state index contributed by atoms with van der Waals surface area (Å²) >= 11 is 12.0. The Balaban J connectivity index is 1.61. The molecule has 1 aromatic carbocycles. The summed E-state index contributed by atoms with van der Waals surface area (Å²) in [5, 5.41) is 0.947. The number of halogens is 2. The van der Waals surface area contributed by atoms with Gasteiger partial charge in [-0.3, -0.25) is 20.4 Å². The molecule has 132 valence electrons. The van der Waals surface area contributed by atoms with Gasteiger partial charge in [-0.25, -0.2) is 0 Å². The second-order valence-corrected chi connectivity index (χ2v) is 6.91. The van der Waals surface area contributed by atoms with Gasteiger partial charge in [0.25, 0.3) is 0 Å². The first-order valence-corrected chi connectivity index (χ1v) is 8.95. The van der Waals surface area contributed by atoms with Crippen LogP contribution in [0.4, 0.5) is 0 Å². The van der Waals surface area contributed by atoms with Gasteiger partial charge in [0.1, 0.15) is 5.76 Å². The van der Waals surface area contributed by atoms with Crippen molar-refractivity contribution in [3.63, 3.8) is 0 Å². The maximum atomic E-state index is 12.1. The van der Waals surface area contributed by atoms with Crippen molar-refractivity contribution in [3.8, 4) is 11.3 Å². The SMILES string of the molecule is O=C(NNC(=O)C1CCCCC1)c1ccc(-c2ccc(Cl)cc2Cl)o1. The van der Waals surface area contributed by atoms with Crippen LogP contribution in [0.1, 0.15) is 42.7 Å². The number of carbonyl (C=O) groups excluding carboxylic acids is 2. The van der Waals surface area contributed by atoms with Gasteiger partial charge < -0.3 is 4.42 Å².